The molecule has 0 fully saturated rings. The molecule has 0 saturated heterocycles. The molecule has 5 nitrogen and oxygen atoms in total. The van der Waals surface area contributed by atoms with Gasteiger partial charge in [0.1, 0.15) is 10.7 Å². The Balaban J connectivity index is 0.00000288. The molecule has 0 aliphatic heterocycles. The summed E-state index contributed by atoms with van der Waals surface area (Å²) in [6.07, 6.45) is 2.17. The van der Waals surface area contributed by atoms with Gasteiger partial charge in [-0.05, 0) is 17.7 Å². The Morgan fingerprint density at radius 2 is 1.92 bits per heavy atom. The van der Waals surface area contributed by atoms with Crippen molar-refractivity contribution >= 4 is 42.1 Å². The lowest BCUT2D eigenvalue weighted by atomic mass is 10.2. The maximum Gasteiger partial charge on any atom is 0.263 e. The van der Waals surface area contributed by atoms with Gasteiger partial charge in [0.25, 0.3) is 5.91 Å². The number of hydrogen-bond donors (Lipinski definition) is 2. The third kappa shape index (κ3) is 8.60. The smallest absolute Gasteiger partial charge is 0.263 e. The SMILES string of the molecule is COCCNCCNC(=O)c1cnc(Cc2ccc(F)cc2)s1.Cl.Cl. The molecular formula is C16H22Cl2FN3O2S. The van der Waals surface area contributed by atoms with Gasteiger partial charge < -0.3 is 15.4 Å². The van der Waals surface area contributed by atoms with E-state index in [9.17, 15) is 9.18 Å². The second-order valence-corrected chi connectivity index (χ2v) is 6.04. The number of rotatable bonds is 9. The summed E-state index contributed by atoms with van der Waals surface area (Å²) in [7, 11) is 1.65. The first-order valence-electron chi connectivity index (χ1n) is 7.36. The number of carbonyl (C=O) groups excluding carboxylic acids is 1. The molecule has 1 aromatic carbocycles. The maximum absolute atomic E-state index is 12.9. The largest absolute Gasteiger partial charge is 0.383 e. The number of nitrogens with zero attached hydrogens (tertiary/aromatic N) is 1. The molecule has 0 saturated carbocycles. The highest BCUT2D eigenvalue weighted by molar-refractivity contribution is 7.13. The summed E-state index contributed by atoms with van der Waals surface area (Å²) in [5.74, 6) is -0.381. The van der Waals surface area contributed by atoms with E-state index in [2.05, 4.69) is 15.6 Å². The molecule has 1 amide bonds. The molecule has 0 aliphatic rings. The van der Waals surface area contributed by atoms with Crippen LogP contribution in [0.3, 0.4) is 0 Å². The summed E-state index contributed by atoms with van der Waals surface area (Å²) in [4.78, 5) is 16.8. The standard InChI is InChI=1S/C16H20FN3O2S.2ClH/c1-22-9-8-18-6-7-19-16(21)14-11-20-15(23-14)10-12-2-4-13(17)5-3-12;;/h2-5,11,18H,6-10H2,1H3,(H,19,21);2*1H. The van der Waals surface area contributed by atoms with Crippen LogP contribution in [0.2, 0.25) is 0 Å². The lowest BCUT2D eigenvalue weighted by Gasteiger charge is -2.05. The number of halogens is 3. The van der Waals surface area contributed by atoms with Gasteiger partial charge in [0.05, 0.1) is 17.8 Å². The molecular weight excluding hydrogens is 388 g/mol. The normalized spacial score (nSPS) is 9.84. The number of thiazole rings is 1. The summed E-state index contributed by atoms with van der Waals surface area (Å²) in [5.41, 5.74) is 0.968. The Morgan fingerprint density at radius 3 is 2.60 bits per heavy atom. The van der Waals surface area contributed by atoms with Crippen LogP contribution in [-0.2, 0) is 11.2 Å². The van der Waals surface area contributed by atoms with Gasteiger partial charge in [0.15, 0.2) is 0 Å². The van der Waals surface area contributed by atoms with Crippen molar-refractivity contribution < 1.29 is 13.9 Å². The topological polar surface area (TPSA) is 63.2 Å². The number of ether oxygens (including phenoxy) is 1. The molecule has 140 valence electrons. The predicted octanol–water partition coefficient (Wildman–Crippen LogP) is 2.68. The lowest BCUT2D eigenvalue weighted by molar-refractivity contribution is 0.0957. The van der Waals surface area contributed by atoms with Gasteiger partial charge >= 0.3 is 0 Å². The van der Waals surface area contributed by atoms with E-state index in [0.29, 0.717) is 31.0 Å². The Kier molecular flexibility index (Phi) is 12.4. The predicted molar refractivity (Wildman–Crippen MR) is 103 cm³/mol. The van der Waals surface area contributed by atoms with E-state index < -0.39 is 0 Å². The minimum atomic E-state index is -0.257. The van der Waals surface area contributed by atoms with E-state index in [-0.39, 0.29) is 36.5 Å². The van der Waals surface area contributed by atoms with Crippen LogP contribution in [0.1, 0.15) is 20.2 Å². The van der Waals surface area contributed by atoms with Crippen molar-refractivity contribution in [3.63, 3.8) is 0 Å². The van der Waals surface area contributed by atoms with Crippen molar-refractivity contribution in [1.29, 1.82) is 0 Å². The van der Waals surface area contributed by atoms with Crippen LogP contribution < -0.4 is 10.6 Å². The van der Waals surface area contributed by atoms with Gasteiger partial charge in [-0.15, -0.1) is 36.2 Å². The summed E-state index contributed by atoms with van der Waals surface area (Å²) in [6, 6.07) is 6.30. The number of amides is 1. The van der Waals surface area contributed by atoms with Crippen LogP contribution in [0, 0.1) is 5.82 Å². The number of nitrogens with one attached hydrogen (secondary N) is 2. The van der Waals surface area contributed by atoms with Crippen LogP contribution in [0.5, 0.6) is 0 Å². The third-order valence-electron chi connectivity index (χ3n) is 3.12. The van der Waals surface area contributed by atoms with Crippen LogP contribution in [0.4, 0.5) is 4.39 Å². The fourth-order valence-electron chi connectivity index (χ4n) is 1.92. The Morgan fingerprint density at radius 1 is 1.20 bits per heavy atom. The molecule has 0 radical (unpaired) electrons. The first-order valence-corrected chi connectivity index (χ1v) is 8.17. The van der Waals surface area contributed by atoms with Crippen LogP contribution in [-0.4, -0.2) is 44.2 Å². The summed E-state index contributed by atoms with van der Waals surface area (Å²) >= 11 is 1.35. The van der Waals surface area contributed by atoms with E-state index in [4.69, 9.17) is 4.74 Å². The second-order valence-electron chi connectivity index (χ2n) is 4.92. The Hall–Kier alpha value is -1.25. The molecule has 0 bridgehead atoms. The first-order chi connectivity index (χ1) is 11.2. The van der Waals surface area contributed by atoms with E-state index in [1.165, 1.54) is 23.5 Å². The summed E-state index contributed by atoms with van der Waals surface area (Å²) in [6.45, 7) is 2.65. The van der Waals surface area contributed by atoms with Gasteiger partial charge in [0.2, 0.25) is 0 Å². The quantitative estimate of drug-likeness (QED) is 0.624. The summed E-state index contributed by atoms with van der Waals surface area (Å²) in [5, 5.41) is 6.83. The number of hydrogen-bond acceptors (Lipinski definition) is 5. The molecule has 0 unspecified atom stereocenters. The lowest BCUT2D eigenvalue weighted by Crippen LogP contribution is -2.32. The van der Waals surface area contributed by atoms with Crippen molar-refractivity contribution in [3.8, 4) is 0 Å². The van der Waals surface area contributed by atoms with Crippen LogP contribution >= 0.6 is 36.2 Å². The van der Waals surface area contributed by atoms with Crippen molar-refractivity contribution in [2.24, 2.45) is 0 Å². The summed E-state index contributed by atoms with van der Waals surface area (Å²) < 4.78 is 17.8. The van der Waals surface area contributed by atoms with E-state index >= 15 is 0 Å². The third-order valence-corrected chi connectivity index (χ3v) is 4.11. The highest BCUT2D eigenvalue weighted by Crippen LogP contribution is 2.17. The first kappa shape index (κ1) is 23.8. The van der Waals surface area contributed by atoms with Crippen molar-refractivity contribution in [2.75, 3.05) is 33.4 Å². The number of carbonyl (C=O) groups is 1. The number of methoxy groups -OCH3 is 1. The minimum Gasteiger partial charge on any atom is -0.383 e. The fraction of sp³-hybridized carbons (Fsp3) is 0.375. The van der Waals surface area contributed by atoms with Crippen molar-refractivity contribution in [3.05, 3.63) is 51.7 Å². The molecule has 2 rings (SSSR count). The molecule has 0 aliphatic carbocycles. The molecule has 25 heavy (non-hydrogen) atoms. The van der Waals surface area contributed by atoms with Gasteiger partial charge in [-0.2, -0.15) is 0 Å². The number of aromatic nitrogens is 1. The number of benzene rings is 1. The van der Waals surface area contributed by atoms with Gasteiger partial charge in [-0.1, -0.05) is 12.1 Å². The Bertz CT molecular complexity index is 626. The van der Waals surface area contributed by atoms with Crippen LogP contribution in [0.15, 0.2) is 30.5 Å². The van der Waals surface area contributed by atoms with Gasteiger partial charge in [-0.3, -0.25) is 4.79 Å². The Labute approximate surface area is 163 Å². The zero-order valence-electron chi connectivity index (χ0n) is 13.8. The van der Waals surface area contributed by atoms with E-state index in [0.717, 1.165) is 17.1 Å². The molecule has 1 aromatic heterocycles. The fourth-order valence-corrected chi connectivity index (χ4v) is 2.79. The van der Waals surface area contributed by atoms with Gasteiger partial charge in [0, 0.05) is 33.2 Å². The molecule has 2 aromatic rings. The van der Waals surface area contributed by atoms with Gasteiger partial charge in [-0.25, -0.2) is 9.37 Å². The highest BCUT2D eigenvalue weighted by atomic mass is 35.5. The highest BCUT2D eigenvalue weighted by Gasteiger charge is 2.10. The molecule has 0 atom stereocenters. The van der Waals surface area contributed by atoms with Crippen LogP contribution in [0.25, 0.3) is 0 Å². The minimum absolute atomic E-state index is 0. The average molecular weight is 410 g/mol. The maximum atomic E-state index is 12.9. The van der Waals surface area contributed by atoms with Crippen molar-refractivity contribution in [1.82, 2.24) is 15.6 Å². The molecule has 1 heterocycles. The van der Waals surface area contributed by atoms with Crippen molar-refractivity contribution in [2.45, 2.75) is 6.42 Å². The molecule has 2 N–H and O–H groups in total. The average Bonchev–Trinajstić information content (AvgIpc) is 3.01. The zero-order valence-corrected chi connectivity index (χ0v) is 16.2. The zero-order chi connectivity index (χ0) is 16.5. The van der Waals surface area contributed by atoms with E-state index in [1.54, 1.807) is 25.4 Å². The second kappa shape index (κ2) is 13.0. The monoisotopic (exact) mass is 409 g/mol. The molecule has 9 heteroatoms. The van der Waals surface area contributed by atoms with E-state index in [1.807, 2.05) is 0 Å². The molecule has 0 spiro atoms.